The van der Waals surface area contributed by atoms with E-state index in [1.165, 1.54) is 38.6 Å². The van der Waals surface area contributed by atoms with Gasteiger partial charge in [0.1, 0.15) is 0 Å². The number of likely N-dealkylation sites (N-methyl/N-ethyl adjacent to an activating group) is 1. The Morgan fingerprint density at radius 1 is 1.29 bits per heavy atom. The average molecular weight is 236 g/mol. The highest BCUT2D eigenvalue weighted by Gasteiger charge is 2.36. The Hall–Kier alpha value is -0.770. The molecule has 0 amide bonds. The first-order valence-corrected chi connectivity index (χ1v) is 7.09. The van der Waals surface area contributed by atoms with Crippen LogP contribution in [0.2, 0.25) is 0 Å². The van der Waals surface area contributed by atoms with Crippen LogP contribution >= 0.6 is 0 Å². The fourth-order valence-corrected chi connectivity index (χ4v) is 3.41. The van der Waals surface area contributed by atoms with Crippen LogP contribution in [0.3, 0.4) is 0 Å². The topological polar surface area (TPSA) is 39.7 Å². The van der Waals surface area contributed by atoms with E-state index in [1.807, 2.05) is 0 Å². The first kappa shape index (κ1) is 11.3. The van der Waals surface area contributed by atoms with Gasteiger partial charge in [0, 0.05) is 19.6 Å². The standard InChI is InChI=1S/C13H24N4/c1-17-12-5-3-2-4-11(12)16-13(17)15-9-10-6-7-14-8-10/h10-12,14H,2-9H2,1H3,(H,15,16). The molecule has 0 spiro atoms. The molecule has 2 saturated heterocycles. The molecular formula is C13H24N4. The number of nitrogens with zero attached hydrogens (tertiary/aromatic N) is 2. The molecule has 1 saturated carbocycles. The molecule has 0 aromatic rings. The third-order valence-electron chi connectivity index (χ3n) is 4.54. The van der Waals surface area contributed by atoms with Crippen LogP contribution in [0.4, 0.5) is 0 Å². The number of nitrogens with one attached hydrogen (secondary N) is 2. The van der Waals surface area contributed by atoms with Gasteiger partial charge in [-0.2, -0.15) is 0 Å². The van der Waals surface area contributed by atoms with Crippen LogP contribution in [0, 0.1) is 5.92 Å². The predicted octanol–water partition coefficient (Wildman–Crippen LogP) is 0.798. The number of aliphatic imine (C=N–C) groups is 1. The van der Waals surface area contributed by atoms with Crippen molar-refractivity contribution < 1.29 is 0 Å². The molecule has 4 heteroatoms. The molecule has 3 aliphatic rings. The molecule has 0 aromatic heterocycles. The summed E-state index contributed by atoms with van der Waals surface area (Å²) in [7, 11) is 2.20. The van der Waals surface area contributed by atoms with Gasteiger partial charge in [0.25, 0.3) is 0 Å². The molecule has 2 heterocycles. The predicted molar refractivity (Wildman–Crippen MR) is 70.2 cm³/mol. The van der Waals surface area contributed by atoms with E-state index in [-0.39, 0.29) is 0 Å². The lowest BCUT2D eigenvalue weighted by molar-refractivity contribution is 0.278. The van der Waals surface area contributed by atoms with E-state index in [4.69, 9.17) is 4.99 Å². The number of hydrogen-bond acceptors (Lipinski definition) is 2. The van der Waals surface area contributed by atoms with E-state index in [9.17, 15) is 0 Å². The highest BCUT2D eigenvalue weighted by molar-refractivity contribution is 5.82. The van der Waals surface area contributed by atoms with Crippen molar-refractivity contribution in [1.82, 2.24) is 15.5 Å². The van der Waals surface area contributed by atoms with Gasteiger partial charge in [-0.15, -0.1) is 0 Å². The summed E-state index contributed by atoms with van der Waals surface area (Å²) in [5.41, 5.74) is 0. The smallest absolute Gasteiger partial charge is 0.194 e. The first-order chi connectivity index (χ1) is 8.34. The second-order valence-corrected chi connectivity index (χ2v) is 5.74. The Morgan fingerprint density at radius 3 is 2.94 bits per heavy atom. The normalized spacial score (nSPS) is 39.5. The van der Waals surface area contributed by atoms with Crippen molar-refractivity contribution in [1.29, 1.82) is 0 Å². The zero-order valence-electron chi connectivity index (χ0n) is 10.8. The monoisotopic (exact) mass is 236 g/mol. The maximum Gasteiger partial charge on any atom is 0.194 e. The number of guanidine groups is 1. The Bertz CT molecular complexity index is 296. The molecule has 1 aliphatic carbocycles. The summed E-state index contributed by atoms with van der Waals surface area (Å²) in [5, 5.41) is 7.03. The molecule has 3 rings (SSSR count). The van der Waals surface area contributed by atoms with Gasteiger partial charge in [-0.1, -0.05) is 12.8 Å². The van der Waals surface area contributed by atoms with Crippen molar-refractivity contribution in [2.24, 2.45) is 10.9 Å². The average Bonchev–Trinajstić information content (AvgIpc) is 2.96. The van der Waals surface area contributed by atoms with Crippen LogP contribution < -0.4 is 10.6 Å². The zero-order valence-corrected chi connectivity index (χ0v) is 10.8. The zero-order chi connectivity index (χ0) is 11.7. The fraction of sp³-hybridized carbons (Fsp3) is 0.923. The molecule has 3 unspecified atom stereocenters. The molecule has 96 valence electrons. The van der Waals surface area contributed by atoms with Crippen molar-refractivity contribution in [3.8, 4) is 0 Å². The summed E-state index contributed by atoms with van der Waals surface area (Å²) >= 11 is 0. The van der Waals surface area contributed by atoms with Crippen molar-refractivity contribution in [2.45, 2.75) is 44.2 Å². The van der Waals surface area contributed by atoms with Crippen LogP contribution in [0.25, 0.3) is 0 Å². The number of fused-ring (bicyclic) bond motifs is 1. The van der Waals surface area contributed by atoms with E-state index < -0.39 is 0 Å². The summed E-state index contributed by atoms with van der Waals surface area (Å²) in [4.78, 5) is 7.18. The molecule has 4 nitrogen and oxygen atoms in total. The summed E-state index contributed by atoms with van der Waals surface area (Å²) in [6.07, 6.45) is 6.69. The molecule has 0 radical (unpaired) electrons. The highest BCUT2D eigenvalue weighted by Crippen LogP contribution is 2.26. The van der Waals surface area contributed by atoms with Gasteiger partial charge < -0.3 is 15.5 Å². The van der Waals surface area contributed by atoms with E-state index in [1.54, 1.807) is 0 Å². The van der Waals surface area contributed by atoms with Gasteiger partial charge in [-0.05, 0) is 38.3 Å². The Labute approximate surface area is 104 Å². The lowest BCUT2D eigenvalue weighted by atomic mass is 9.91. The highest BCUT2D eigenvalue weighted by atomic mass is 15.4. The van der Waals surface area contributed by atoms with Crippen molar-refractivity contribution in [2.75, 3.05) is 26.7 Å². The van der Waals surface area contributed by atoms with E-state index >= 15 is 0 Å². The fourth-order valence-electron chi connectivity index (χ4n) is 3.41. The SMILES string of the molecule is CN1C(=NCC2CCNC2)NC2CCCCC21. The van der Waals surface area contributed by atoms with Crippen molar-refractivity contribution in [3.05, 3.63) is 0 Å². The summed E-state index contributed by atoms with van der Waals surface area (Å²) in [6.45, 7) is 3.30. The van der Waals surface area contributed by atoms with Gasteiger partial charge in [0.2, 0.25) is 0 Å². The van der Waals surface area contributed by atoms with Crippen LogP contribution in [0.15, 0.2) is 4.99 Å². The second kappa shape index (κ2) is 4.84. The Kier molecular flexibility index (Phi) is 3.23. The lowest BCUT2D eigenvalue weighted by Crippen LogP contribution is -2.37. The minimum Gasteiger partial charge on any atom is -0.351 e. The van der Waals surface area contributed by atoms with Crippen LogP contribution in [0.1, 0.15) is 32.1 Å². The van der Waals surface area contributed by atoms with Crippen LogP contribution in [-0.4, -0.2) is 49.6 Å². The summed E-state index contributed by atoms with van der Waals surface area (Å²) < 4.78 is 0. The number of rotatable bonds is 2. The van der Waals surface area contributed by atoms with Gasteiger partial charge in [0.05, 0.1) is 6.04 Å². The minimum absolute atomic E-state index is 0.661. The Balaban J connectivity index is 1.61. The molecular weight excluding hydrogens is 212 g/mol. The van der Waals surface area contributed by atoms with Gasteiger partial charge >= 0.3 is 0 Å². The molecule has 2 aliphatic heterocycles. The van der Waals surface area contributed by atoms with Crippen LogP contribution in [0.5, 0.6) is 0 Å². The van der Waals surface area contributed by atoms with Gasteiger partial charge in [-0.25, -0.2) is 0 Å². The Morgan fingerprint density at radius 2 is 2.18 bits per heavy atom. The van der Waals surface area contributed by atoms with Crippen LogP contribution in [-0.2, 0) is 0 Å². The third kappa shape index (κ3) is 2.28. The molecule has 3 fully saturated rings. The molecule has 2 N–H and O–H groups in total. The van der Waals surface area contributed by atoms with Gasteiger partial charge in [0.15, 0.2) is 5.96 Å². The number of hydrogen-bond donors (Lipinski definition) is 2. The van der Waals surface area contributed by atoms with Gasteiger partial charge in [-0.3, -0.25) is 4.99 Å². The molecule has 0 aromatic carbocycles. The maximum atomic E-state index is 4.80. The van der Waals surface area contributed by atoms with E-state index in [0.717, 1.165) is 25.0 Å². The molecule has 17 heavy (non-hydrogen) atoms. The quantitative estimate of drug-likeness (QED) is 0.745. The van der Waals surface area contributed by atoms with E-state index in [0.29, 0.717) is 12.1 Å². The molecule has 3 atom stereocenters. The van der Waals surface area contributed by atoms with Crippen molar-refractivity contribution in [3.63, 3.8) is 0 Å². The van der Waals surface area contributed by atoms with E-state index in [2.05, 4.69) is 22.6 Å². The minimum atomic E-state index is 0.661. The summed E-state index contributed by atoms with van der Waals surface area (Å²) in [5.74, 6) is 1.90. The third-order valence-corrected chi connectivity index (χ3v) is 4.54. The van der Waals surface area contributed by atoms with Crippen molar-refractivity contribution >= 4 is 5.96 Å². The summed E-state index contributed by atoms with van der Waals surface area (Å²) in [6, 6.07) is 1.36. The first-order valence-electron chi connectivity index (χ1n) is 7.09. The largest absolute Gasteiger partial charge is 0.351 e. The second-order valence-electron chi connectivity index (χ2n) is 5.74. The maximum absolute atomic E-state index is 4.80. The lowest BCUT2D eigenvalue weighted by Gasteiger charge is -2.27. The molecule has 0 bridgehead atoms.